The number of hydrogen-bond acceptors (Lipinski definition) is 6. The van der Waals surface area contributed by atoms with E-state index in [9.17, 15) is 23.3 Å². The van der Waals surface area contributed by atoms with E-state index < -0.39 is 37.1 Å². The smallest absolute Gasteiger partial charge is 0.343 e. The Labute approximate surface area is 125 Å². The van der Waals surface area contributed by atoms with Crippen LogP contribution in [0.25, 0.3) is 0 Å². The highest BCUT2D eigenvalue weighted by Gasteiger charge is 2.24. The SMILES string of the molecule is CCOP(=O)(CNC(=O)Cn1cc(F)c(=O)[nH]c1=O)OCC. The lowest BCUT2D eigenvalue weighted by atomic mass is 10.5. The molecule has 22 heavy (non-hydrogen) atoms. The first-order chi connectivity index (χ1) is 10.3. The van der Waals surface area contributed by atoms with E-state index >= 15 is 0 Å². The standard InChI is InChI=1S/C11H17FN3O6P/c1-3-20-22(19,21-4-2)7-13-9(16)6-15-5-8(12)10(17)14-11(15)18/h5H,3-4,6-7H2,1-2H3,(H,13,16)(H,14,17,18). The van der Waals surface area contributed by atoms with Gasteiger partial charge in [-0.2, -0.15) is 4.39 Å². The Morgan fingerprint density at radius 2 is 1.95 bits per heavy atom. The maximum Gasteiger partial charge on any atom is 0.349 e. The molecule has 0 saturated heterocycles. The second kappa shape index (κ2) is 8.02. The van der Waals surface area contributed by atoms with Gasteiger partial charge in [0.1, 0.15) is 12.8 Å². The minimum absolute atomic E-state index is 0.137. The molecule has 1 heterocycles. The lowest BCUT2D eigenvalue weighted by molar-refractivity contribution is -0.121. The molecular weight excluding hydrogens is 320 g/mol. The Balaban J connectivity index is 2.71. The number of carbonyl (C=O) groups excluding carboxylic acids is 1. The fraction of sp³-hybridized carbons (Fsp3) is 0.545. The predicted octanol–water partition coefficient (Wildman–Crippen LogP) is 0.0155. The second-order valence-electron chi connectivity index (χ2n) is 4.07. The zero-order chi connectivity index (χ0) is 16.8. The van der Waals surface area contributed by atoms with E-state index in [0.717, 1.165) is 0 Å². The minimum atomic E-state index is -3.46. The van der Waals surface area contributed by atoms with Gasteiger partial charge in [0.05, 0.1) is 19.4 Å². The van der Waals surface area contributed by atoms with Gasteiger partial charge in [-0.25, -0.2) is 4.79 Å². The van der Waals surface area contributed by atoms with Crippen LogP contribution in [0.5, 0.6) is 0 Å². The zero-order valence-corrected chi connectivity index (χ0v) is 13.0. The third-order valence-electron chi connectivity index (χ3n) is 2.40. The van der Waals surface area contributed by atoms with E-state index in [-0.39, 0.29) is 19.5 Å². The van der Waals surface area contributed by atoms with Gasteiger partial charge in [0.25, 0.3) is 5.56 Å². The average molecular weight is 337 g/mol. The number of hydrogen-bond donors (Lipinski definition) is 2. The van der Waals surface area contributed by atoms with E-state index in [1.807, 2.05) is 0 Å². The van der Waals surface area contributed by atoms with Crippen LogP contribution in [-0.4, -0.2) is 35.0 Å². The molecule has 0 aliphatic heterocycles. The fourth-order valence-corrected chi connectivity index (χ4v) is 2.93. The molecule has 9 nitrogen and oxygen atoms in total. The van der Waals surface area contributed by atoms with Crippen LogP contribution < -0.4 is 16.6 Å². The number of nitrogens with zero attached hydrogens (tertiary/aromatic N) is 1. The molecule has 1 amide bonds. The molecule has 0 unspecified atom stereocenters. The topological polar surface area (TPSA) is 119 Å². The Bertz CT molecular complexity index is 675. The summed E-state index contributed by atoms with van der Waals surface area (Å²) < 4.78 is 35.8. The lowest BCUT2D eigenvalue weighted by Gasteiger charge is -2.17. The molecule has 1 aromatic heterocycles. The number of rotatable bonds is 8. The quantitative estimate of drug-likeness (QED) is 0.645. The van der Waals surface area contributed by atoms with Crippen molar-refractivity contribution in [2.24, 2.45) is 0 Å². The molecule has 0 aromatic carbocycles. The van der Waals surface area contributed by atoms with Crippen molar-refractivity contribution in [1.29, 1.82) is 0 Å². The lowest BCUT2D eigenvalue weighted by Crippen LogP contribution is -2.37. The van der Waals surface area contributed by atoms with Gasteiger partial charge in [0.15, 0.2) is 0 Å². The van der Waals surface area contributed by atoms with Crippen LogP contribution in [0.1, 0.15) is 13.8 Å². The summed E-state index contributed by atoms with van der Waals surface area (Å²) in [7, 11) is -3.46. The van der Waals surface area contributed by atoms with Crippen LogP contribution >= 0.6 is 7.60 Å². The second-order valence-corrected chi connectivity index (χ2v) is 6.12. The molecule has 0 radical (unpaired) electrons. The van der Waals surface area contributed by atoms with Crippen molar-refractivity contribution in [3.8, 4) is 0 Å². The Morgan fingerprint density at radius 3 is 2.50 bits per heavy atom. The molecule has 0 aliphatic rings. The van der Waals surface area contributed by atoms with Gasteiger partial charge < -0.3 is 14.4 Å². The summed E-state index contributed by atoms with van der Waals surface area (Å²) in [6, 6.07) is 0. The summed E-state index contributed by atoms with van der Waals surface area (Å²) in [6.07, 6.45) is 0.236. The van der Waals surface area contributed by atoms with E-state index in [2.05, 4.69) is 5.32 Å². The first-order valence-electron chi connectivity index (χ1n) is 6.45. The van der Waals surface area contributed by atoms with Crippen LogP contribution in [0.4, 0.5) is 4.39 Å². The average Bonchev–Trinajstić information content (AvgIpc) is 2.43. The Morgan fingerprint density at radius 1 is 1.36 bits per heavy atom. The minimum Gasteiger partial charge on any atom is -0.343 e. The Kier molecular flexibility index (Phi) is 6.66. The summed E-state index contributed by atoms with van der Waals surface area (Å²) in [5.74, 6) is -1.91. The molecule has 0 spiro atoms. The molecule has 1 aromatic rings. The van der Waals surface area contributed by atoms with E-state index in [1.165, 1.54) is 0 Å². The van der Waals surface area contributed by atoms with Crippen molar-refractivity contribution in [3.63, 3.8) is 0 Å². The Hall–Kier alpha value is -1.77. The number of halogens is 1. The van der Waals surface area contributed by atoms with Crippen LogP contribution in [0.15, 0.2) is 15.8 Å². The third kappa shape index (κ3) is 5.21. The molecule has 0 atom stereocenters. The van der Waals surface area contributed by atoms with Gasteiger partial charge in [-0.1, -0.05) is 0 Å². The maximum absolute atomic E-state index is 13.1. The van der Waals surface area contributed by atoms with Crippen molar-refractivity contribution in [2.45, 2.75) is 20.4 Å². The van der Waals surface area contributed by atoms with Gasteiger partial charge in [-0.15, -0.1) is 0 Å². The monoisotopic (exact) mass is 337 g/mol. The molecule has 0 aliphatic carbocycles. The van der Waals surface area contributed by atoms with Gasteiger partial charge in [0.2, 0.25) is 11.7 Å². The maximum atomic E-state index is 13.1. The molecule has 2 N–H and O–H groups in total. The van der Waals surface area contributed by atoms with Crippen LogP contribution in [0.3, 0.4) is 0 Å². The number of H-pyrrole nitrogens is 1. The van der Waals surface area contributed by atoms with Crippen LogP contribution in [0, 0.1) is 5.82 Å². The van der Waals surface area contributed by atoms with Crippen molar-refractivity contribution in [1.82, 2.24) is 14.9 Å². The van der Waals surface area contributed by atoms with Crippen molar-refractivity contribution >= 4 is 13.5 Å². The zero-order valence-electron chi connectivity index (χ0n) is 12.1. The van der Waals surface area contributed by atoms with Gasteiger partial charge in [-0.05, 0) is 13.8 Å². The number of carbonyl (C=O) groups is 1. The molecule has 0 fully saturated rings. The van der Waals surface area contributed by atoms with Crippen molar-refractivity contribution in [2.75, 3.05) is 19.5 Å². The van der Waals surface area contributed by atoms with Crippen LogP contribution in [-0.2, 0) is 25.0 Å². The normalized spacial score (nSPS) is 11.4. The largest absolute Gasteiger partial charge is 0.349 e. The van der Waals surface area contributed by atoms with E-state index in [0.29, 0.717) is 10.8 Å². The van der Waals surface area contributed by atoms with Gasteiger partial charge >= 0.3 is 13.3 Å². The first-order valence-corrected chi connectivity index (χ1v) is 8.18. The fourth-order valence-electron chi connectivity index (χ4n) is 1.52. The highest BCUT2D eigenvalue weighted by atomic mass is 31.2. The number of amides is 1. The molecule has 1 rings (SSSR count). The summed E-state index contributed by atoms with van der Waals surface area (Å²) in [5.41, 5.74) is -2.10. The first kappa shape index (κ1) is 18.3. The van der Waals surface area contributed by atoms with E-state index in [4.69, 9.17) is 9.05 Å². The summed E-state index contributed by atoms with van der Waals surface area (Å²) in [5, 5.41) is 2.28. The summed E-state index contributed by atoms with van der Waals surface area (Å²) in [4.78, 5) is 35.7. The van der Waals surface area contributed by atoms with Gasteiger partial charge in [-0.3, -0.25) is 23.7 Å². The summed E-state index contributed by atoms with van der Waals surface area (Å²) in [6.45, 7) is 2.96. The number of aromatic amines is 1. The van der Waals surface area contributed by atoms with Crippen molar-refractivity contribution in [3.05, 3.63) is 32.9 Å². The number of aromatic nitrogens is 2. The van der Waals surface area contributed by atoms with E-state index in [1.54, 1.807) is 18.8 Å². The molecule has 0 bridgehead atoms. The molecule has 124 valence electrons. The number of nitrogens with one attached hydrogen (secondary N) is 2. The molecule has 0 saturated carbocycles. The third-order valence-corrected chi connectivity index (χ3v) is 4.25. The highest BCUT2D eigenvalue weighted by molar-refractivity contribution is 7.53. The highest BCUT2D eigenvalue weighted by Crippen LogP contribution is 2.46. The van der Waals surface area contributed by atoms with Gasteiger partial charge in [0, 0.05) is 0 Å². The molecule has 11 heteroatoms. The predicted molar refractivity (Wildman–Crippen MR) is 75.1 cm³/mol. The summed E-state index contributed by atoms with van der Waals surface area (Å²) >= 11 is 0. The molecular formula is C11H17FN3O6P. The van der Waals surface area contributed by atoms with Crippen LogP contribution in [0.2, 0.25) is 0 Å². The van der Waals surface area contributed by atoms with Crippen molar-refractivity contribution < 1.29 is 22.8 Å².